The van der Waals surface area contributed by atoms with Gasteiger partial charge in [-0.3, -0.25) is 14.4 Å². The van der Waals surface area contributed by atoms with Crippen molar-refractivity contribution in [2.75, 3.05) is 13.2 Å². The van der Waals surface area contributed by atoms with E-state index in [4.69, 9.17) is 14.2 Å². The zero-order valence-electron chi connectivity index (χ0n) is 42.0. The van der Waals surface area contributed by atoms with E-state index in [0.29, 0.717) is 19.3 Å². The van der Waals surface area contributed by atoms with Crippen molar-refractivity contribution in [3.63, 3.8) is 0 Å². The fraction of sp³-hybridized carbons (Fsp3) is 0.945. The monoisotopic (exact) mass is 863 g/mol. The SMILES string of the molecule is CCC(C)CCCCCCCCCCCCC(=O)O[C@H](COC(=O)CCCCCCCCCCCCCCCCCCC(C)C)COC(=O)CCCCCCCCCC(C)C. The van der Waals surface area contributed by atoms with E-state index in [1.165, 1.54) is 180 Å². The van der Waals surface area contributed by atoms with E-state index in [-0.39, 0.29) is 31.1 Å². The molecule has 0 N–H and O–H groups in total. The molecule has 2 atom stereocenters. The summed E-state index contributed by atoms with van der Waals surface area (Å²) >= 11 is 0. The lowest BCUT2D eigenvalue weighted by molar-refractivity contribution is -0.167. The fourth-order valence-corrected chi connectivity index (χ4v) is 8.26. The van der Waals surface area contributed by atoms with Crippen LogP contribution >= 0.6 is 0 Å². The molecule has 0 aliphatic carbocycles. The highest BCUT2D eigenvalue weighted by atomic mass is 16.6. The molecule has 0 aliphatic rings. The molecule has 0 aromatic carbocycles. The molecule has 0 aromatic rings. The van der Waals surface area contributed by atoms with Crippen molar-refractivity contribution in [3.8, 4) is 0 Å². The van der Waals surface area contributed by atoms with E-state index >= 15 is 0 Å². The third-order valence-electron chi connectivity index (χ3n) is 12.8. The summed E-state index contributed by atoms with van der Waals surface area (Å²) in [5, 5.41) is 0. The minimum absolute atomic E-state index is 0.0647. The molecule has 0 heterocycles. The van der Waals surface area contributed by atoms with Crippen molar-refractivity contribution < 1.29 is 28.6 Å². The van der Waals surface area contributed by atoms with Crippen molar-refractivity contribution in [1.82, 2.24) is 0 Å². The Morgan fingerprint density at radius 3 is 0.852 bits per heavy atom. The van der Waals surface area contributed by atoms with Crippen LogP contribution < -0.4 is 0 Å². The quantitative estimate of drug-likeness (QED) is 0.0344. The lowest BCUT2D eigenvalue weighted by atomic mass is 9.99. The molecular formula is C55H106O6. The van der Waals surface area contributed by atoms with E-state index in [1.807, 2.05) is 0 Å². The summed E-state index contributed by atoms with van der Waals surface area (Å²) in [6, 6.07) is 0. The van der Waals surface area contributed by atoms with Crippen molar-refractivity contribution in [2.24, 2.45) is 17.8 Å². The Morgan fingerprint density at radius 2 is 0.574 bits per heavy atom. The van der Waals surface area contributed by atoms with Gasteiger partial charge in [-0.1, -0.05) is 260 Å². The van der Waals surface area contributed by atoms with Crippen LogP contribution in [0, 0.1) is 17.8 Å². The number of unbranched alkanes of at least 4 members (excludes halogenated alkanes) is 30. The van der Waals surface area contributed by atoms with E-state index < -0.39 is 6.10 Å². The van der Waals surface area contributed by atoms with Crippen molar-refractivity contribution in [3.05, 3.63) is 0 Å². The van der Waals surface area contributed by atoms with Crippen LogP contribution in [0.1, 0.15) is 298 Å². The maximum atomic E-state index is 12.8. The summed E-state index contributed by atoms with van der Waals surface area (Å²) in [6.07, 6.45) is 46.7. The summed E-state index contributed by atoms with van der Waals surface area (Å²) in [7, 11) is 0. The zero-order valence-corrected chi connectivity index (χ0v) is 42.0. The Kier molecular flexibility index (Phi) is 45.2. The fourth-order valence-electron chi connectivity index (χ4n) is 8.26. The Balaban J connectivity index is 4.25. The maximum absolute atomic E-state index is 12.8. The Hall–Kier alpha value is -1.59. The smallest absolute Gasteiger partial charge is 0.306 e. The molecule has 0 spiro atoms. The molecule has 61 heavy (non-hydrogen) atoms. The highest BCUT2D eigenvalue weighted by Gasteiger charge is 2.19. The normalized spacial score (nSPS) is 12.6. The van der Waals surface area contributed by atoms with Gasteiger partial charge in [-0.2, -0.15) is 0 Å². The second kappa shape index (κ2) is 46.4. The molecule has 6 heteroatoms. The Morgan fingerprint density at radius 1 is 0.328 bits per heavy atom. The topological polar surface area (TPSA) is 78.9 Å². The van der Waals surface area contributed by atoms with Crippen LogP contribution in [0.3, 0.4) is 0 Å². The minimum Gasteiger partial charge on any atom is -0.462 e. The first kappa shape index (κ1) is 59.4. The van der Waals surface area contributed by atoms with E-state index in [9.17, 15) is 14.4 Å². The largest absolute Gasteiger partial charge is 0.462 e. The van der Waals surface area contributed by atoms with E-state index in [2.05, 4.69) is 41.5 Å². The van der Waals surface area contributed by atoms with Crippen molar-refractivity contribution in [1.29, 1.82) is 0 Å². The molecule has 0 saturated carbocycles. The second-order valence-corrected chi connectivity index (χ2v) is 20.1. The summed E-state index contributed by atoms with van der Waals surface area (Å²) in [5.74, 6) is 1.65. The van der Waals surface area contributed by atoms with Gasteiger partial charge in [-0.15, -0.1) is 0 Å². The number of carbonyl (C=O) groups excluding carboxylic acids is 3. The summed E-state index contributed by atoms with van der Waals surface area (Å²) in [5.41, 5.74) is 0. The molecular weight excluding hydrogens is 757 g/mol. The molecule has 0 radical (unpaired) electrons. The second-order valence-electron chi connectivity index (χ2n) is 20.1. The molecule has 6 nitrogen and oxygen atoms in total. The standard InChI is InChI=1S/C55H106O6/c1-7-51(6)43-37-31-25-19-16-17-21-27-34-40-46-55(58)61-52(48-60-54(57)45-39-33-28-22-24-30-36-42-50(4)5)47-59-53(56)44-38-32-26-20-15-13-11-9-8-10-12-14-18-23-29-35-41-49(2)3/h49-52H,7-48H2,1-6H3/t51?,52-/m1/s1. The van der Waals surface area contributed by atoms with Gasteiger partial charge in [0.25, 0.3) is 0 Å². The third-order valence-corrected chi connectivity index (χ3v) is 12.8. The first-order chi connectivity index (χ1) is 29.6. The molecule has 0 amide bonds. The van der Waals surface area contributed by atoms with Crippen molar-refractivity contribution >= 4 is 17.9 Å². The Bertz CT molecular complexity index is 947. The van der Waals surface area contributed by atoms with Crippen LogP contribution in [0.2, 0.25) is 0 Å². The summed E-state index contributed by atoms with van der Waals surface area (Å²) < 4.78 is 16.8. The van der Waals surface area contributed by atoms with Gasteiger partial charge in [0.05, 0.1) is 0 Å². The number of hydrogen-bond donors (Lipinski definition) is 0. The number of hydrogen-bond acceptors (Lipinski definition) is 6. The molecule has 0 saturated heterocycles. The molecule has 0 aromatic heterocycles. The van der Waals surface area contributed by atoms with Gasteiger partial charge in [0.1, 0.15) is 13.2 Å². The maximum Gasteiger partial charge on any atom is 0.306 e. The van der Waals surface area contributed by atoms with Crippen LogP contribution in [0.25, 0.3) is 0 Å². The van der Waals surface area contributed by atoms with E-state index in [1.54, 1.807) is 0 Å². The molecule has 0 fully saturated rings. The number of rotatable bonds is 48. The average Bonchev–Trinajstić information content (AvgIpc) is 3.23. The van der Waals surface area contributed by atoms with Crippen LogP contribution in [-0.4, -0.2) is 37.2 Å². The zero-order chi connectivity index (χ0) is 44.9. The van der Waals surface area contributed by atoms with Gasteiger partial charge in [-0.05, 0) is 37.0 Å². The van der Waals surface area contributed by atoms with Gasteiger partial charge in [0, 0.05) is 19.3 Å². The lowest BCUT2D eigenvalue weighted by Crippen LogP contribution is -2.30. The number of esters is 3. The van der Waals surface area contributed by atoms with Crippen LogP contribution in [0.15, 0.2) is 0 Å². The predicted molar refractivity (Wildman–Crippen MR) is 261 cm³/mol. The van der Waals surface area contributed by atoms with Gasteiger partial charge < -0.3 is 14.2 Å². The predicted octanol–water partition coefficient (Wildman–Crippen LogP) is 17.6. The molecule has 1 unspecified atom stereocenters. The molecule has 362 valence electrons. The molecule has 0 bridgehead atoms. The Labute approximate surface area is 380 Å². The highest BCUT2D eigenvalue weighted by Crippen LogP contribution is 2.18. The summed E-state index contributed by atoms with van der Waals surface area (Å²) in [6.45, 7) is 13.7. The van der Waals surface area contributed by atoms with Gasteiger partial charge in [-0.25, -0.2) is 0 Å². The van der Waals surface area contributed by atoms with Gasteiger partial charge >= 0.3 is 17.9 Å². The first-order valence-corrected chi connectivity index (χ1v) is 27.1. The lowest BCUT2D eigenvalue weighted by Gasteiger charge is -2.18. The number of ether oxygens (including phenoxy) is 3. The van der Waals surface area contributed by atoms with Gasteiger partial charge in [0.15, 0.2) is 6.10 Å². The first-order valence-electron chi connectivity index (χ1n) is 27.1. The van der Waals surface area contributed by atoms with E-state index in [0.717, 1.165) is 75.5 Å². The highest BCUT2D eigenvalue weighted by molar-refractivity contribution is 5.71. The van der Waals surface area contributed by atoms with Crippen molar-refractivity contribution in [2.45, 2.75) is 304 Å². The van der Waals surface area contributed by atoms with Gasteiger partial charge in [0.2, 0.25) is 0 Å². The molecule has 0 rings (SSSR count). The third kappa shape index (κ3) is 47.7. The van der Waals surface area contributed by atoms with Crippen LogP contribution in [0.4, 0.5) is 0 Å². The van der Waals surface area contributed by atoms with Crippen LogP contribution in [0.5, 0.6) is 0 Å². The molecule has 0 aliphatic heterocycles. The van der Waals surface area contributed by atoms with Crippen LogP contribution in [-0.2, 0) is 28.6 Å². The average molecular weight is 863 g/mol. The number of carbonyl (C=O) groups is 3. The summed E-state index contributed by atoms with van der Waals surface area (Å²) in [4.78, 5) is 38.0. The minimum atomic E-state index is -0.763.